The molecule has 1 aromatic heterocycles. The van der Waals surface area contributed by atoms with E-state index >= 15 is 0 Å². The van der Waals surface area contributed by atoms with Gasteiger partial charge in [0.25, 0.3) is 0 Å². The van der Waals surface area contributed by atoms with Gasteiger partial charge in [0.1, 0.15) is 23.6 Å². The molecule has 0 aliphatic carbocycles. The summed E-state index contributed by atoms with van der Waals surface area (Å²) in [5.74, 6) is 0.975. The third kappa shape index (κ3) is 3.19. The predicted octanol–water partition coefficient (Wildman–Crippen LogP) is 3.39. The Labute approximate surface area is 175 Å². The third-order valence-corrected chi connectivity index (χ3v) is 6.41. The van der Waals surface area contributed by atoms with Crippen LogP contribution in [-0.4, -0.2) is 18.4 Å². The highest BCUT2D eigenvalue weighted by Gasteiger charge is 2.34. The molecule has 3 aromatic rings. The summed E-state index contributed by atoms with van der Waals surface area (Å²) in [7, 11) is 0. The van der Waals surface area contributed by atoms with E-state index in [1.54, 1.807) is 19.1 Å². The Kier molecular flexibility index (Phi) is 4.63. The lowest BCUT2D eigenvalue weighted by atomic mass is 9.97. The number of para-hydroxylation sites is 1. The molecule has 0 radical (unpaired) electrons. The molecule has 5 heteroatoms. The Morgan fingerprint density at radius 2 is 2.07 bits per heavy atom. The first-order chi connectivity index (χ1) is 14.5. The summed E-state index contributed by atoms with van der Waals surface area (Å²) in [6.45, 7) is 5.66. The van der Waals surface area contributed by atoms with Gasteiger partial charge >= 0.3 is 0 Å². The number of rotatable bonds is 3. The number of carbonyl (C=O) groups is 1. The summed E-state index contributed by atoms with van der Waals surface area (Å²) in [4.78, 5) is 14.5. The van der Waals surface area contributed by atoms with E-state index in [4.69, 9.17) is 9.15 Å². The number of hydrogen-bond donors (Lipinski definition) is 1. The van der Waals surface area contributed by atoms with Crippen LogP contribution in [0.2, 0.25) is 0 Å². The van der Waals surface area contributed by atoms with Gasteiger partial charge in [0.15, 0.2) is 5.76 Å². The highest BCUT2D eigenvalue weighted by atomic mass is 16.5. The number of allylic oxidation sites excluding steroid dienone is 1. The minimum atomic E-state index is -0.189. The zero-order chi connectivity index (χ0) is 20.8. The number of benzene rings is 2. The molecule has 5 rings (SSSR count). The average Bonchev–Trinajstić information content (AvgIpc) is 3.27. The number of Topliss-reactive ketones (excluding diaryl/α,β-unsaturated/α-hetero) is 1. The molecule has 0 bridgehead atoms. The molecule has 0 amide bonds. The van der Waals surface area contributed by atoms with Gasteiger partial charge in [0, 0.05) is 17.0 Å². The summed E-state index contributed by atoms with van der Waals surface area (Å²) in [5, 5.41) is 13.8. The van der Waals surface area contributed by atoms with E-state index in [0.29, 0.717) is 40.8 Å². The highest BCUT2D eigenvalue weighted by Crippen LogP contribution is 2.41. The Balaban J connectivity index is 1.52. The van der Waals surface area contributed by atoms with Crippen molar-refractivity contribution in [3.8, 4) is 11.5 Å². The molecule has 2 unspecified atom stereocenters. The zero-order valence-corrected chi connectivity index (χ0v) is 17.3. The van der Waals surface area contributed by atoms with E-state index in [-0.39, 0.29) is 17.3 Å². The first-order valence-corrected chi connectivity index (χ1v) is 10.6. The van der Waals surface area contributed by atoms with Gasteiger partial charge in [-0.1, -0.05) is 30.0 Å². The monoisotopic (exact) mass is 403 g/mol. The molecule has 3 heterocycles. The van der Waals surface area contributed by atoms with Gasteiger partial charge in [0.2, 0.25) is 5.78 Å². The molecular weight excluding hydrogens is 378 g/mol. The smallest absolute Gasteiger partial charge is 0.232 e. The van der Waals surface area contributed by atoms with E-state index in [1.165, 1.54) is 17.7 Å². The number of piperidine rings is 1. The van der Waals surface area contributed by atoms with Crippen LogP contribution in [0.25, 0.3) is 17.0 Å². The van der Waals surface area contributed by atoms with E-state index in [2.05, 4.69) is 6.92 Å². The maximum atomic E-state index is 13.1. The molecule has 5 nitrogen and oxygen atoms in total. The van der Waals surface area contributed by atoms with Crippen molar-refractivity contribution in [2.75, 3.05) is 6.54 Å². The molecule has 0 spiro atoms. The number of hydrogen-bond acceptors (Lipinski definition) is 4. The Hall–Kier alpha value is -3.05. The molecule has 1 N–H and O–H groups in total. The standard InChI is InChI=1S/C25H25NO4/c1-15-11-20(27)19(14-26-10-6-5-7-16(26)2)25-23(15)24(28)22(30-25)13-18-12-17-8-3-4-9-21(17)29-18/h3-4,8-9,11-13,16,27H,5-7,10,14H2,1-2H3. The summed E-state index contributed by atoms with van der Waals surface area (Å²) >= 11 is 0. The number of nitrogens with one attached hydrogen (secondary N) is 1. The SMILES string of the molecule is Cc1cc([O-])c(C[NH+]2CCCCC2C)c2c1C(=O)C(=Cc1cc3ccccc3o1)O2. The number of likely N-dealkylation sites (tertiary alicyclic amines) is 1. The van der Waals surface area contributed by atoms with Crippen molar-refractivity contribution in [2.45, 2.75) is 45.7 Å². The van der Waals surface area contributed by atoms with Crippen LogP contribution in [0.4, 0.5) is 0 Å². The summed E-state index contributed by atoms with van der Waals surface area (Å²) in [6, 6.07) is 11.7. The molecular formula is C25H25NO4. The number of ketones is 1. The number of quaternary nitrogens is 1. The minimum absolute atomic E-state index is 0.0469. The van der Waals surface area contributed by atoms with Crippen LogP contribution in [0.5, 0.6) is 11.5 Å². The second-order valence-corrected chi connectivity index (χ2v) is 8.48. The van der Waals surface area contributed by atoms with Gasteiger partial charge < -0.3 is 19.2 Å². The fourth-order valence-electron chi connectivity index (χ4n) is 4.68. The lowest BCUT2D eigenvalue weighted by molar-refractivity contribution is -0.942. The number of carbonyl (C=O) groups excluding carboxylic acids is 1. The third-order valence-electron chi connectivity index (χ3n) is 6.41. The van der Waals surface area contributed by atoms with Gasteiger partial charge in [0.05, 0.1) is 18.2 Å². The van der Waals surface area contributed by atoms with Crippen LogP contribution in [0.1, 0.15) is 53.4 Å². The quantitative estimate of drug-likeness (QED) is 0.681. The van der Waals surface area contributed by atoms with E-state index in [1.807, 2.05) is 30.3 Å². The fourth-order valence-corrected chi connectivity index (χ4v) is 4.68. The molecule has 1 saturated heterocycles. The number of furan rings is 1. The Morgan fingerprint density at radius 3 is 2.87 bits per heavy atom. The normalized spacial score (nSPS) is 22.5. The minimum Gasteiger partial charge on any atom is -0.872 e. The lowest BCUT2D eigenvalue weighted by Gasteiger charge is -2.32. The summed E-state index contributed by atoms with van der Waals surface area (Å²) < 4.78 is 11.8. The maximum Gasteiger partial charge on any atom is 0.232 e. The number of aryl methyl sites for hydroxylation is 1. The van der Waals surface area contributed by atoms with Gasteiger partial charge in [-0.15, -0.1) is 0 Å². The molecule has 2 aliphatic heterocycles. The van der Waals surface area contributed by atoms with Crippen molar-refractivity contribution in [1.82, 2.24) is 0 Å². The molecule has 2 aromatic carbocycles. The first kappa shape index (κ1) is 18.9. The summed E-state index contributed by atoms with van der Waals surface area (Å²) in [6.07, 6.45) is 5.19. The molecule has 2 aliphatic rings. The van der Waals surface area contributed by atoms with E-state index in [0.717, 1.165) is 23.9 Å². The highest BCUT2D eigenvalue weighted by molar-refractivity contribution is 6.15. The molecule has 2 atom stereocenters. The van der Waals surface area contributed by atoms with Crippen LogP contribution < -0.4 is 14.7 Å². The predicted molar refractivity (Wildman–Crippen MR) is 113 cm³/mol. The zero-order valence-electron chi connectivity index (χ0n) is 17.3. The van der Waals surface area contributed by atoms with Gasteiger partial charge in [-0.3, -0.25) is 4.79 Å². The van der Waals surface area contributed by atoms with Gasteiger partial charge in [-0.05, 0) is 50.8 Å². The second-order valence-electron chi connectivity index (χ2n) is 8.48. The molecule has 1 fully saturated rings. The molecule has 30 heavy (non-hydrogen) atoms. The number of ether oxygens (including phenoxy) is 1. The average molecular weight is 403 g/mol. The lowest BCUT2D eigenvalue weighted by Crippen LogP contribution is -3.14. The molecule has 0 saturated carbocycles. The largest absolute Gasteiger partial charge is 0.872 e. The fraction of sp³-hybridized carbons (Fsp3) is 0.320. The van der Waals surface area contributed by atoms with Crippen LogP contribution in [-0.2, 0) is 6.54 Å². The van der Waals surface area contributed by atoms with Crippen molar-refractivity contribution in [3.05, 3.63) is 64.6 Å². The second kappa shape index (κ2) is 7.33. The van der Waals surface area contributed by atoms with Crippen molar-refractivity contribution in [3.63, 3.8) is 0 Å². The van der Waals surface area contributed by atoms with Crippen LogP contribution in [0, 0.1) is 6.92 Å². The van der Waals surface area contributed by atoms with Crippen LogP contribution in [0.15, 0.2) is 46.6 Å². The number of fused-ring (bicyclic) bond motifs is 2. The summed E-state index contributed by atoms with van der Waals surface area (Å²) in [5.41, 5.74) is 2.55. The van der Waals surface area contributed by atoms with E-state index in [9.17, 15) is 9.90 Å². The van der Waals surface area contributed by atoms with E-state index < -0.39 is 0 Å². The van der Waals surface area contributed by atoms with Gasteiger partial charge in [-0.2, -0.15) is 0 Å². The topological polar surface area (TPSA) is 66.9 Å². The van der Waals surface area contributed by atoms with Crippen LogP contribution in [0.3, 0.4) is 0 Å². The van der Waals surface area contributed by atoms with Crippen molar-refractivity contribution < 1.29 is 24.0 Å². The van der Waals surface area contributed by atoms with Gasteiger partial charge in [-0.25, -0.2) is 0 Å². The Bertz CT molecular complexity index is 1140. The first-order valence-electron chi connectivity index (χ1n) is 10.6. The van der Waals surface area contributed by atoms with Crippen molar-refractivity contribution in [1.29, 1.82) is 0 Å². The maximum absolute atomic E-state index is 13.1. The molecule has 154 valence electrons. The van der Waals surface area contributed by atoms with Crippen molar-refractivity contribution >= 4 is 22.8 Å². The van der Waals surface area contributed by atoms with Crippen LogP contribution >= 0.6 is 0 Å². The van der Waals surface area contributed by atoms with Crippen molar-refractivity contribution in [2.24, 2.45) is 0 Å². The Morgan fingerprint density at radius 1 is 1.23 bits per heavy atom.